The number of hydrogen-bond acceptors (Lipinski definition) is 5. The average Bonchev–Trinajstić information content (AvgIpc) is 2.97. The first-order valence-electron chi connectivity index (χ1n) is 15.0. The molecular formula is C32H42BN3O3. The summed E-state index contributed by atoms with van der Waals surface area (Å²) in [4.78, 5) is 18.2. The van der Waals surface area contributed by atoms with Crippen molar-refractivity contribution in [2.75, 3.05) is 32.8 Å². The molecule has 6 nitrogen and oxygen atoms in total. The maximum absolute atomic E-state index is 13.1. The minimum absolute atomic E-state index is 0.134. The molecule has 3 aromatic rings. The molecule has 39 heavy (non-hydrogen) atoms. The average molecular weight is 528 g/mol. The lowest BCUT2D eigenvalue weighted by Gasteiger charge is -2.37. The highest BCUT2D eigenvalue weighted by Gasteiger charge is 2.23. The van der Waals surface area contributed by atoms with Crippen LogP contribution >= 0.6 is 0 Å². The molecule has 0 spiro atoms. The van der Waals surface area contributed by atoms with Gasteiger partial charge in [0.05, 0.1) is 5.52 Å². The van der Waals surface area contributed by atoms with Gasteiger partial charge in [0.2, 0.25) is 0 Å². The first-order valence-corrected chi connectivity index (χ1v) is 15.0. The Morgan fingerprint density at radius 2 is 1.67 bits per heavy atom. The van der Waals surface area contributed by atoms with Gasteiger partial charge in [-0.1, -0.05) is 37.5 Å². The zero-order valence-electron chi connectivity index (χ0n) is 23.7. The molecular weight excluding hydrogens is 485 g/mol. The standard InChI is InChI=1S/C32H42BN3O3/c1-23-19-32(37)35(29-21-26(8-9-28(23)29)25-5-3-2-4-6-25)16-15-34-13-11-27(12-14-34)36(33)22-24-7-10-30-31(20-24)39-18-17-38-30/h7-10,19-21,25,27H,2-6,11-18,22,33H2,1H3. The van der Waals surface area contributed by atoms with Gasteiger partial charge in [0.15, 0.2) is 19.5 Å². The summed E-state index contributed by atoms with van der Waals surface area (Å²) in [5.74, 6) is 2.36. The van der Waals surface area contributed by atoms with Crippen LogP contribution in [0.1, 0.15) is 67.6 Å². The van der Waals surface area contributed by atoms with Crippen LogP contribution in [0.25, 0.3) is 10.9 Å². The van der Waals surface area contributed by atoms with Crippen molar-refractivity contribution in [2.24, 2.45) is 0 Å². The molecule has 2 aliphatic heterocycles. The van der Waals surface area contributed by atoms with Crippen LogP contribution in [0.2, 0.25) is 0 Å². The molecule has 0 bridgehead atoms. The van der Waals surface area contributed by atoms with Gasteiger partial charge in [0.1, 0.15) is 13.2 Å². The van der Waals surface area contributed by atoms with Crippen LogP contribution in [-0.4, -0.2) is 61.1 Å². The Morgan fingerprint density at radius 3 is 2.46 bits per heavy atom. The topological polar surface area (TPSA) is 46.9 Å². The number of benzene rings is 2. The smallest absolute Gasteiger partial charge is 0.251 e. The zero-order chi connectivity index (χ0) is 26.8. The molecule has 206 valence electrons. The fourth-order valence-electron chi connectivity index (χ4n) is 6.91. The number of piperidine rings is 1. The van der Waals surface area contributed by atoms with E-state index in [1.165, 1.54) is 48.6 Å². The van der Waals surface area contributed by atoms with Crippen molar-refractivity contribution in [1.29, 1.82) is 0 Å². The summed E-state index contributed by atoms with van der Waals surface area (Å²) >= 11 is 0. The second-order valence-corrected chi connectivity index (χ2v) is 11.9. The molecule has 1 aliphatic carbocycles. The zero-order valence-corrected chi connectivity index (χ0v) is 23.7. The number of fused-ring (bicyclic) bond motifs is 2. The van der Waals surface area contributed by atoms with Crippen molar-refractivity contribution in [3.63, 3.8) is 0 Å². The van der Waals surface area contributed by atoms with E-state index in [2.05, 4.69) is 54.9 Å². The maximum atomic E-state index is 13.1. The van der Waals surface area contributed by atoms with E-state index in [0.29, 0.717) is 25.2 Å². The van der Waals surface area contributed by atoms with E-state index in [4.69, 9.17) is 9.47 Å². The molecule has 0 N–H and O–H groups in total. The SMILES string of the molecule is BN(Cc1ccc2c(c1)OCCO2)C1CCN(CCn2c(=O)cc(C)c3ccc(C4CCCCC4)cc32)CC1. The van der Waals surface area contributed by atoms with Crippen LogP contribution in [0.3, 0.4) is 0 Å². The highest BCUT2D eigenvalue weighted by atomic mass is 16.6. The third-order valence-corrected chi connectivity index (χ3v) is 9.28. The van der Waals surface area contributed by atoms with Gasteiger partial charge < -0.3 is 23.8 Å². The summed E-state index contributed by atoms with van der Waals surface area (Å²) in [7, 11) is 2.24. The number of pyridine rings is 1. The summed E-state index contributed by atoms with van der Waals surface area (Å²) in [5, 5.41) is 1.22. The van der Waals surface area contributed by atoms with Gasteiger partial charge in [0, 0.05) is 37.1 Å². The van der Waals surface area contributed by atoms with Gasteiger partial charge in [-0.3, -0.25) is 4.79 Å². The third kappa shape index (κ3) is 5.90. The van der Waals surface area contributed by atoms with E-state index in [-0.39, 0.29) is 5.56 Å². The summed E-state index contributed by atoms with van der Waals surface area (Å²) < 4.78 is 13.5. The monoisotopic (exact) mass is 527 g/mol. The van der Waals surface area contributed by atoms with Crippen molar-refractivity contribution in [2.45, 2.75) is 76.9 Å². The molecule has 6 rings (SSSR count). The quantitative estimate of drug-likeness (QED) is 0.419. The lowest BCUT2D eigenvalue weighted by molar-refractivity contribution is 0.153. The van der Waals surface area contributed by atoms with E-state index in [1.807, 2.05) is 16.7 Å². The molecule has 0 radical (unpaired) electrons. The first kappa shape index (κ1) is 26.5. The Hall–Kier alpha value is -2.77. The lowest BCUT2D eigenvalue weighted by Crippen LogP contribution is -2.44. The fraction of sp³-hybridized carbons (Fsp3) is 0.531. The number of likely N-dealkylation sites (tertiary alicyclic amines) is 1. The van der Waals surface area contributed by atoms with Crippen molar-refractivity contribution >= 4 is 18.9 Å². The Labute approximate surface area is 233 Å². The number of nitrogens with zero attached hydrogens (tertiary/aromatic N) is 3. The number of hydrogen-bond donors (Lipinski definition) is 0. The predicted octanol–water partition coefficient (Wildman–Crippen LogP) is 4.64. The molecule has 7 heteroatoms. The highest BCUT2D eigenvalue weighted by molar-refractivity contribution is 6.04. The molecule has 0 amide bonds. The molecule has 3 aliphatic rings. The summed E-state index contributed by atoms with van der Waals surface area (Å²) in [6.07, 6.45) is 8.86. The first-order chi connectivity index (χ1) is 19.0. The van der Waals surface area contributed by atoms with Crippen molar-refractivity contribution < 1.29 is 9.47 Å². The van der Waals surface area contributed by atoms with Gasteiger partial charge >= 0.3 is 0 Å². The molecule has 0 unspecified atom stereocenters. The van der Waals surface area contributed by atoms with E-state index in [9.17, 15) is 4.79 Å². The molecule has 0 atom stereocenters. The van der Waals surface area contributed by atoms with Crippen molar-refractivity contribution in [3.8, 4) is 11.5 Å². The van der Waals surface area contributed by atoms with Crippen LogP contribution in [-0.2, 0) is 13.1 Å². The van der Waals surface area contributed by atoms with Crippen molar-refractivity contribution in [3.05, 3.63) is 69.5 Å². The molecule has 1 saturated carbocycles. The summed E-state index contributed by atoms with van der Waals surface area (Å²) in [6, 6.07) is 15.6. The highest BCUT2D eigenvalue weighted by Crippen LogP contribution is 2.34. The van der Waals surface area contributed by atoms with E-state index in [1.54, 1.807) is 0 Å². The molecule has 2 fully saturated rings. The molecule has 2 aromatic carbocycles. The van der Waals surface area contributed by atoms with E-state index in [0.717, 1.165) is 68.1 Å². The Balaban J connectivity index is 1.07. The van der Waals surface area contributed by atoms with Gasteiger partial charge in [-0.25, -0.2) is 0 Å². The van der Waals surface area contributed by atoms with E-state index < -0.39 is 0 Å². The predicted molar refractivity (Wildman–Crippen MR) is 160 cm³/mol. The molecule has 1 aromatic heterocycles. The van der Waals surface area contributed by atoms with Gasteiger partial charge in [-0.15, -0.1) is 0 Å². The second kappa shape index (κ2) is 11.8. The number of rotatable bonds is 7. The minimum atomic E-state index is 0.134. The minimum Gasteiger partial charge on any atom is -0.486 e. The van der Waals surface area contributed by atoms with Gasteiger partial charge in [-0.05, 0) is 86.5 Å². The Morgan fingerprint density at radius 1 is 0.897 bits per heavy atom. The Bertz CT molecular complexity index is 1360. The largest absolute Gasteiger partial charge is 0.486 e. The van der Waals surface area contributed by atoms with Crippen LogP contribution in [0.15, 0.2) is 47.3 Å². The van der Waals surface area contributed by atoms with Crippen LogP contribution in [0, 0.1) is 6.92 Å². The van der Waals surface area contributed by atoms with Crippen LogP contribution in [0.5, 0.6) is 11.5 Å². The number of aryl methyl sites for hydroxylation is 1. The number of aromatic nitrogens is 1. The van der Waals surface area contributed by atoms with Crippen LogP contribution < -0.4 is 15.0 Å². The van der Waals surface area contributed by atoms with Crippen molar-refractivity contribution in [1.82, 2.24) is 14.3 Å². The summed E-state index contributed by atoms with van der Waals surface area (Å²) in [5.41, 5.74) is 5.03. The molecule has 3 heterocycles. The maximum Gasteiger partial charge on any atom is 0.251 e. The fourth-order valence-corrected chi connectivity index (χ4v) is 6.91. The normalized spacial score (nSPS) is 19.1. The van der Waals surface area contributed by atoms with Gasteiger partial charge in [0.25, 0.3) is 5.56 Å². The van der Waals surface area contributed by atoms with E-state index >= 15 is 0 Å². The van der Waals surface area contributed by atoms with Gasteiger partial charge in [-0.2, -0.15) is 0 Å². The van der Waals surface area contributed by atoms with Crippen LogP contribution in [0.4, 0.5) is 0 Å². The molecule has 1 saturated heterocycles. The Kier molecular flexibility index (Phi) is 7.98. The second-order valence-electron chi connectivity index (χ2n) is 11.9. The number of ether oxygens (including phenoxy) is 2. The third-order valence-electron chi connectivity index (χ3n) is 9.28. The lowest BCUT2D eigenvalue weighted by atomic mass is 9.83. The summed E-state index contributed by atoms with van der Waals surface area (Å²) in [6.45, 7) is 8.05.